The second-order valence-electron chi connectivity index (χ2n) is 5.25. The molecule has 1 saturated heterocycles. The summed E-state index contributed by atoms with van der Waals surface area (Å²) in [5.74, 6) is 1.82. The number of rotatable bonds is 6. The Morgan fingerprint density at radius 2 is 1.62 bits per heavy atom. The van der Waals surface area contributed by atoms with Gasteiger partial charge in [0.15, 0.2) is 11.5 Å². The predicted molar refractivity (Wildman–Crippen MR) is 83.4 cm³/mol. The number of piperazine rings is 1. The molecule has 2 N–H and O–H groups in total. The number of ether oxygens (including phenoxy) is 3. The minimum absolute atomic E-state index is 0.593. The van der Waals surface area contributed by atoms with Crippen molar-refractivity contribution in [1.29, 1.82) is 0 Å². The number of anilines is 1. The molecule has 21 heavy (non-hydrogen) atoms. The van der Waals surface area contributed by atoms with E-state index in [2.05, 4.69) is 16.8 Å². The van der Waals surface area contributed by atoms with Gasteiger partial charge in [0.2, 0.25) is 5.75 Å². The van der Waals surface area contributed by atoms with Gasteiger partial charge in [0.05, 0.1) is 14.2 Å². The summed E-state index contributed by atoms with van der Waals surface area (Å²) in [6.45, 7) is 5.86. The highest BCUT2D eigenvalue weighted by Gasteiger charge is 2.16. The summed E-state index contributed by atoms with van der Waals surface area (Å²) >= 11 is 0. The SMILES string of the molecule is COc1cc(N)cc(OC)c1OCCN1CCN(C)CC1. The van der Waals surface area contributed by atoms with Crippen LogP contribution in [0.4, 0.5) is 5.69 Å². The first kappa shape index (κ1) is 15.7. The molecule has 0 spiro atoms. The lowest BCUT2D eigenvalue weighted by atomic mass is 10.2. The minimum atomic E-state index is 0.593. The molecule has 0 atom stereocenters. The summed E-state index contributed by atoms with van der Waals surface area (Å²) in [6, 6.07) is 3.49. The molecule has 1 aliphatic rings. The molecule has 0 bridgehead atoms. The largest absolute Gasteiger partial charge is 0.493 e. The maximum Gasteiger partial charge on any atom is 0.203 e. The van der Waals surface area contributed by atoms with Gasteiger partial charge in [-0.15, -0.1) is 0 Å². The van der Waals surface area contributed by atoms with Crippen LogP contribution in [0.25, 0.3) is 0 Å². The first-order valence-electron chi connectivity index (χ1n) is 7.19. The molecule has 0 aliphatic carbocycles. The van der Waals surface area contributed by atoms with Crippen molar-refractivity contribution in [2.45, 2.75) is 0 Å². The van der Waals surface area contributed by atoms with Crippen molar-refractivity contribution in [3.8, 4) is 17.2 Å². The van der Waals surface area contributed by atoms with E-state index in [1.54, 1.807) is 26.4 Å². The second kappa shape index (κ2) is 7.38. The molecule has 1 heterocycles. The fraction of sp³-hybridized carbons (Fsp3) is 0.600. The van der Waals surface area contributed by atoms with Gasteiger partial charge in [0.1, 0.15) is 6.61 Å². The molecule has 1 fully saturated rings. The number of hydrogen-bond donors (Lipinski definition) is 1. The van der Waals surface area contributed by atoms with Crippen LogP contribution in [0, 0.1) is 0 Å². The third kappa shape index (κ3) is 4.15. The predicted octanol–water partition coefficient (Wildman–Crippen LogP) is 0.912. The Hall–Kier alpha value is -1.66. The first-order valence-corrected chi connectivity index (χ1v) is 7.19. The number of hydrogen-bond acceptors (Lipinski definition) is 6. The molecule has 1 aliphatic heterocycles. The molecule has 6 heteroatoms. The Labute approximate surface area is 126 Å². The van der Waals surface area contributed by atoms with Crippen LogP contribution in [0.1, 0.15) is 0 Å². The van der Waals surface area contributed by atoms with Crippen LogP contribution in [-0.4, -0.2) is 70.4 Å². The van der Waals surface area contributed by atoms with E-state index in [9.17, 15) is 0 Å². The van der Waals surface area contributed by atoms with Crippen LogP contribution in [0.5, 0.6) is 17.2 Å². The number of benzene rings is 1. The zero-order valence-corrected chi connectivity index (χ0v) is 13.1. The standard InChI is InChI=1S/C15H25N3O3/c1-17-4-6-18(7-5-17)8-9-21-15-13(19-2)10-12(16)11-14(15)20-3/h10-11H,4-9,16H2,1-3H3. The van der Waals surface area contributed by atoms with Crippen LogP contribution in [0.15, 0.2) is 12.1 Å². The Morgan fingerprint density at radius 3 is 2.14 bits per heavy atom. The van der Waals surface area contributed by atoms with Crippen molar-refractivity contribution >= 4 is 5.69 Å². The number of nitrogens with two attached hydrogens (primary N) is 1. The van der Waals surface area contributed by atoms with E-state index < -0.39 is 0 Å². The minimum Gasteiger partial charge on any atom is -0.493 e. The topological polar surface area (TPSA) is 60.2 Å². The van der Waals surface area contributed by atoms with E-state index >= 15 is 0 Å². The zero-order chi connectivity index (χ0) is 15.2. The molecule has 1 aromatic rings. The van der Waals surface area contributed by atoms with E-state index in [1.807, 2.05) is 0 Å². The van der Waals surface area contributed by atoms with Crippen molar-refractivity contribution in [1.82, 2.24) is 9.80 Å². The lowest BCUT2D eigenvalue weighted by Gasteiger charge is -2.32. The molecule has 118 valence electrons. The molecule has 0 radical (unpaired) electrons. The third-order valence-electron chi connectivity index (χ3n) is 3.73. The van der Waals surface area contributed by atoms with Crippen molar-refractivity contribution in [3.63, 3.8) is 0 Å². The Balaban J connectivity index is 1.93. The average molecular weight is 295 g/mol. The maximum absolute atomic E-state index is 5.87. The monoisotopic (exact) mass is 295 g/mol. The fourth-order valence-corrected chi connectivity index (χ4v) is 2.39. The van der Waals surface area contributed by atoms with Crippen LogP contribution in [0.2, 0.25) is 0 Å². The number of likely N-dealkylation sites (N-methyl/N-ethyl adjacent to an activating group) is 1. The molecular weight excluding hydrogens is 270 g/mol. The quantitative estimate of drug-likeness (QED) is 0.787. The van der Waals surface area contributed by atoms with Gasteiger partial charge in [-0.25, -0.2) is 0 Å². The number of nitrogens with zero attached hydrogens (tertiary/aromatic N) is 2. The summed E-state index contributed by atoms with van der Waals surface area (Å²) in [6.07, 6.45) is 0. The van der Waals surface area contributed by atoms with Crippen molar-refractivity contribution in [2.75, 3.05) is 66.3 Å². The van der Waals surface area contributed by atoms with E-state index in [4.69, 9.17) is 19.9 Å². The van der Waals surface area contributed by atoms with Gasteiger partial charge in [0.25, 0.3) is 0 Å². The smallest absolute Gasteiger partial charge is 0.203 e. The summed E-state index contributed by atoms with van der Waals surface area (Å²) in [5.41, 5.74) is 6.40. The molecule has 0 saturated carbocycles. The average Bonchev–Trinajstić information content (AvgIpc) is 2.49. The Bertz CT molecular complexity index is 434. The summed E-state index contributed by atoms with van der Waals surface area (Å²) in [7, 11) is 5.35. The van der Waals surface area contributed by atoms with Gasteiger partial charge in [-0.2, -0.15) is 0 Å². The van der Waals surface area contributed by atoms with Crippen LogP contribution < -0.4 is 19.9 Å². The lowest BCUT2D eigenvalue weighted by molar-refractivity contribution is 0.131. The second-order valence-corrected chi connectivity index (χ2v) is 5.25. The van der Waals surface area contributed by atoms with E-state index in [0.29, 0.717) is 29.5 Å². The molecule has 2 rings (SSSR count). The Morgan fingerprint density at radius 1 is 1.05 bits per heavy atom. The molecular formula is C15H25N3O3. The molecule has 0 amide bonds. The van der Waals surface area contributed by atoms with Gasteiger partial charge in [-0.1, -0.05) is 0 Å². The van der Waals surface area contributed by atoms with E-state index in [0.717, 1.165) is 32.7 Å². The maximum atomic E-state index is 5.87. The van der Waals surface area contributed by atoms with E-state index in [-0.39, 0.29) is 0 Å². The van der Waals surface area contributed by atoms with Crippen molar-refractivity contribution in [3.05, 3.63) is 12.1 Å². The summed E-state index contributed by atoms with van der Waals surface area (Å²) < 4.78 is 16.5. The molecule has 1 aromatic carbocycles. The highest BCUT2D eigenvalue weighted by molar-refractivity contribution is 5.60. The highest BCUT2D eigenvalue weighted by Crippen LogP contribution is 2.39. The van der Waals surface area contributed by atoms with Crippen molar-refractivity contribution < 1.29 is 14.2 Å². The van der Waals surface area contributed by atoms with E-state index in [1.165, 1.54) is 0 Å². The third-order valence-corrected chi connectivity index (χ3v) is 3.73. The van der Waals surface area contributed by atoms with Crippen LogP contribution in [0.3, 0.4) is 0 Å². The summed E-state index contributed by atoms with van der Waals surface area (Å²) in [5, 5.41) is 0. The zero-order valence-electron chi connectivity index (χ0n) is 13.1. The summed E-state index contributed by atoms with van der Waals surface area (Å²) in [4.78, 5) is 4.74. The first-order chi connectivity index (χ1) is 10.1. The van der Waals surface area contributed by atoms with Gasteiger partial charge in [0, 0.05) is 50.5 Å². The van der Waals surface area contributed by atoms with Gasteiger partial charge in [-0.3, -0.25) is 4.90 Å². The Kier molecular flexibility index (Phi) is 5.52. The number of methoxy groups -OCH3 is 2. The normalized spacial score (nSPS) is 16.7. The lowest BCUT2D eigenvalue weighted by Crippen LogP contribution is -2.45. The van der Waals surface area contributed by atoms with Gasteiger partial charge < -0.3 is 24.8 Å². The van der Waals surface area contributed by atoms with Crippen LogP contribution >= 0.6 is 0 Å². The van der Waals surface area contributed by atoms with Gasteiger partial charge >= 0.3 is 0 Å². The van der Waals surface area contributed by atoms with Crippen LogP contribution in [-0.2, 0) is 0 Å². The van der Waals surface area contributed by atoms with Gasteiger partial charge in [-0.05, 0) is 7.05 Å². The van der Waals surface area contributed by atoms with Crippen molar-refractivity contribution in [2.24, 2.45) is 0 Å². The highest BCUT2D eigenvalue weighted by atomic mass is 16.5. The molecule has 6 nitrogen and oxygen atoms in total. The fourth-order valence-electron chi connectivity index (χ4n) is 2.39. The number of nitrogen functional groups attached to an aromatic ring is 1. The molecule has 0 unspecified atom stereocenters. The molecule has 0 aromatic heterocycles.